The van der Waals surface area contributed by atoms with Crippen molar-refractivity contribution in [3.8, 4) is 0 Å². The summed E-state index contributed by atoms with van der Waals surface area (Å²) >= 11 is 3.53. The first-order valence-electron chi connectivity index (χ1n) is 6.48. The van der Waals surface area contributed by atoms with E-state index in [1.54, 1.807) is 0 Å². The Bertz CT molecular complexity index is 438. The molecule has 1 fully saturated rings. The Morgan fingerprint density at radius 1 is 1.33 bits per heavy atom. The number of carbonyl (C=O) groups excluding carboxylic acids is 1. The highest BCUT2D eigenvalue weighted by Gasteiger charge is 2.33. The molecule has 1 aliphatic rings. The minimum Gasteiger partial charge on any atom is -0.335 e. The van der Waals surface area contributed by atoms with Crippen molar-refractivity contribution in [1.82, 2.24) is 4.90 Å². The van der Waals surface area contributed by atoms with Crippen molar-refractivity contribution in [2.24, 2.45) is 5.92 Å². The Morgan fingerprint density at radius 2 is 1.94 bits per heavy atom. The van der Waals surface area contributed by atoms with Gasteiger partial charge in [0, 0.05) is 23.5 Å². The third-order valence-corrected chi connectivity index (χ3v) is 4.43. The van der Waals surface area contributed by atoms with Crippen LogP contribution in [0.4, 0.5) is 0 Å². The number of nitrogens with zero attached hydrogens (tertiary/aromatic N) is 1. The molecule has 0 radical (unpaired) electrons. The molecule has 0 N–H and O–H groups in total. The van der Waals surface area contributed by atoms with Crippen LogP contribution in [-0.4, -0.2) is 28.7 Å². The van der Waals surface area contributed by atoms with Gasteiger partial charge in [-0.15, -0.1) is 0 Å². The molecule has 0 spiro atoms. The summed E-state index contributed by atoms with van der Waals surface area (Å²) in [5, 5.41) is 0.866. The van der Waals surface area contributed by atoms with Crippen molar-refractivity contribution >= 4 is 21.8 Å². The zero-order valence-corrected chi connectivity index (χ0v) is 12.8. The quantitative estimate of drug-likeness (QED) is 0.765. The Morgan fingerprint density at radius 3 is 2.50 bits per heavy atom. The molecule has 0 aliphatic carbocycles. The molecule has 1 heterocycles. The van der Waals surface area contributed by atoms with E-state index < -0.39 is 0 Å². The standard InChI is InChI=1S/C15H20BrNO/c1-10-6-11(2)8-13(7-10)15(18)17-5-4-12(3)14(17)9-16/h6-8,12,14H,4-5,9H2,1-3H3. The summed E-state index contributed by atoms with van der Waals surface area (Å²) in [6, 6.07) is 6.41. The maximum Gasteiger partial charge on any atom is 0.254 e. The second-order valence-corrected chi connectivity index (χ2v) is 6.01. The van der Waals surface area contributed by atoms with Gasteiger partial charge in [-0.05, 0) is 38.3 Å². The lowest BCUT2D eigenvalue weighted by molar-refractivity contribution is 0.0738. The average molecular weight is 310 g/mol. The van der Waals surface area contributed by atoms with Crippen LogP contribution in [0.5, 0.6) is 0 Å². The number of alkyl halides is 1. The van der Waals surface area contributed by atoms with Crippen LogP contribution in [0.1, 0.15) is 34.8 Å². The van der Waals surface area contributed by atoms with Crippen LogP contribution in [0.15, 0.2) is 18.2 Å². The van der Waals surface area contributed by atoms with Gasteiger partial charge in [0.05, 0.1) is 0 Å². The summed E-state index contributed by atoms with van der Waals surface area (Å²) < 4.78 is 0. The van der Waals surface area contributed by atoms with Gasteiger partial charge in [-0.1, -0.05) is 40.0 Å². The van der Waals surface area contributed by atoms with Crippen molar-refractivity contribution in [2.45, 2.75) is 33.2 Å². The van der Waals surface area contributed by atoms with E-state index in [9.17, 15) is 4.79 Å². The highest BCUT2D eigenvalue weighted by atomic mass is 79.9. The van der Waals surface area contributed by atoms with Gasteiger partial charge >= 0.3 is 0 Å². The fourth-order valence-corrected chi connectivity index (χ4v) is 3.75. The van der Waals surface area contributed by atoms with Gasteiger partial charge < -0.3 is 4.90 Å². The Kier molecular flexibility index (Phi) is 4.10. The lowest BCUT2D eigenvalue weighted by Gasteiger charge is -2.25. The lowest BCUT2D eigenvalue weighted by Crippen LogP contribution is -2.38. The zero-order chi connectivity index (χ0) is 13.3. The summed E-state index contributed by atoms with van der Waals surface area (Å²) in [6.07, 6.45) is 1.10. The predicted octanol–water partition coefficient (Wildman–Crippen LogP) is 3.55. The fraction of sp³-hybridized carbons (Fsp3) is 0.533. The summed E-state index contributed by atoms with van der Waals surface area (Å²) in [5.41, 5.74) is 3.13. The molecule has 0 aromatic heterocycles. The third-order valence-electron chi connectivity index (χ3n) is 3.77. The second kappa shape index (κ2) is 5.43. The number of hydrogen-bond acceptors (Lipinski definition) is 1. The first kappa shape index (κ1) is 13.6. The topological polar surface area (TPSA) is 20.3 Å². The molecular weight excluding hydrogens is 290 g/mol. The summed E-state index contributed by atoms with van der Waals surface area (Å²) in [7, 11) is 0. The van der Waals surface area contributed by atoms with Gasteiger partial charge in [0.15, 0.2) is 0 Å². The van der Waals surface area contributed by atoms with Gasteiger partial charge in [0.1, 0.15) is 0 Å². The first-order chi connectivity index (χ1) is 8.52. The van der Waals surface area contributed by atoms with Crippen molar-refractivity contribution < 1.29 is 4.79 Å². The highest BCUT2D eigenvalue weighted by Crippen LogP contribution is 2.27. The van der Waals surface area contributed by atoms with Gasteiger partial charge in [-0.2, -0.15) is 0 Å². The Hall–Kier alpha value is -0.830. The molecule has 2 nitrogen and oxygen atoms in total. The van der Waals surface area contributed by atoms with E-state index >= 15 is 0 Å². The molecule has 0 saturated carbocycles. The van der Waals surface area contributed by atoms with Crippen molar-refractivity contribution in [3.63, 3.8) is 0 Å². The van der Waals surface area contributed by atoms with Crippen LogP contribution in [0, 0.1) is 19.8 Å². The lowest BCUT2D eigenvalue weighted by atomic mass is 10.0. The molecule has 1 aromatic rings. The number of amides is 1. The van der Waals surface area contributed by atoms with Crippen LogP contribution in [-0.2, 0) is 0 Å². The van der Waals surface area contributed by atoms with Crippen molar-refractivity contribution in [1.29, 1.82) is 0 Å². The van der Waals surface area contributed by atoms with Gasteiger partial charge in [0.2, 0.25) is 0 Å². The van der Waals surface area contributed by atoms with E-state index in [4.69, 9.17) is 0 Å². The molecule has 2 atom stereocenters. The largest absolute Gasteiger partial charge is 0.335 e. The van der Waals surface area contributed by atoms with E-state index in [-0.39, 0.29) is 5.91 Å². The van der Waals surface area contributed by atoms with Crippen LogP contribution in [0.3, 0.4) is 0 Å². The van der Waals surface area contributed by atoms with Gasteiger partial charge in [0.25, 0.3) is 5.91 Å². The smallest absolute Gasteiger partial charge is 0.254 e. The molecule has 1 aromatic carbocycles. The maximum absolute atomic E-state index is 12.6. The molecular formula is C15H20BrNO. The first-order valence-corrected chi connectivity index (χ1v) is 7.60. The van der Waals surface area contributed by atoms with Crippen LogP contribution >= 0.6 is 15.9 Å². The molecule has 98 valence electrons. The third kappa shape index (κ3) is 2.61. The number of benzene rings is 1. The normalized spacial score (nSPS) is 23.4. The van der Waals surface area contributed by atoms with Gasteiger partial charge in [-0.3, -0.25) is 4.79 Å². The monoisotopic (exact) mass is 309 g/mol. The Labute approximate surface area is 117 Å². The molecule has 2 unspecified atom stereocenters. The van der Waals surface area contributed by atoms with E-state index in [0.29, 0.717) is 12.0 Å². The fourth-order valence-electron chi connectivity index (χ4n) is 2.76. The number of halogens is 1. The van der Waals surface area contributed by atoms with E-state index in [1.165, 1.54) is 0 Å². The van der Waals surface area contributed by atoms with Crippen LogP contribution < -0.4 is 0 Å². The number of hydrogen-bond donors (Lipinski definition) is 0. The van der Waals surface area contributed by atoms with E-state index in [1.807, 2.05) is 30.9 Å². The molecule has 3 heteroatoms. The van der Waals surface area contributed by atoms with E-state index in [2.05, 4.69) is 28.9 Å². The zero-order valence-electron chi connectivity index (χ0n) is 11.2. The number of aryl methyl sites for hydroxylation is 2. The Balaban J connectivity index is 2.25. The molecule has 18 heavy (non-hydrogen) atoms. The highest BCUT2D eigenvalue weighted by molar-refractivity contribution is 9.09. The van der Waals surface area contributed by atoms with Crippen molar-refractivity contribution in [2.75, 3.05) is 11.9 Å². The number of likely N-dealkylation sites (tertiary alicyclic amines) is 1. The summed E-state index contributed by atoms with van der Waals surface area (Å²) in [4.78, 5) is 14.6. The summed E-state index contributed by atoms with van der Waals surface area (Å²) in [6.45, 7) is 7.18. The van der Waals surface area contributed by atoms with Crippen molar-refractivity contribution in [3.05, 3.63) is 34.9 Å². The molecule has 2 rings (SSSR count). The SMILES string of the molecule is Cc1cc(C)cc(C(=O)N2CCC(C)C2CBr)c1. The average Bonchev–Trinajstić information content (AvgIpc) is 2.68. The number of rotatable bonds is 2. The predicted molar refractivity (Wildman–Crippen MR) is 78.3 cm³/mol. The molecule has 1 saturated heterocycles. The molecule has 0 bridgehead atoms. The van der Waals surface area contributed by atoms with Gasteiger partial charge in [-0.25, -0.2) is 0 Å². The van der Waals surface area contributed by atoms with E-state index in [0.717, 1.165) is 35.0 Å². The minimum atomic E-state index is 0.176. The molecule has 1 aliphatic heterocycles. The minimum absolute atomic E-state index is 0.176. The maximum atomic E-state index is 12.6. The van der Waals surface area contributed by atoms with Crippen LogP contribution in [0.25, 0.3) is 0 Å². The summed E-state index contributed by atoms with van der Waals surface area (Å²) in [5.74, 6) is 0.759. The second-order valence-electron chi connectivity index (χ2n) is 5.36. The number of carbonyl (C=O) groups is 1. The molecule has 1 amide bonds. The van der Waals surface area contributed by atoms with Crippen LogP contribution in [0.2, 0.25) is 0 Å².